The van der Waals surface area contributed by atoms with Gasteiger partial charge in [0.15, 0.2) is 6.61 Å². The highest BCUT2D eigenvalue weighted by atomic mass is 16.6. The van der Waals surface area contributed by atoms with Gasteiger partial charge in [-0.05, 0) is 61.3 Å². The van der Waals surface area contributed by atoms with Gasteiger partial charge in [0.25, 0.3) is 5.91 Å². The lowest BCUT2D eigenvalue weighted by atomic mass is 9.90. The van der Waals surface area contributed by atoms with E-state index in [2.05, 4.69) is 36.3 Å². The van der Waals surface area contributed by atoms with Gasteiger partial charge in [0.1, 0.15) is 17.1 Å². The Labute approximate surface area is 230 Å². The molecule has 1 fully saturated rings. The van der Waals surface area contributed by atoms with Crippen molar-refractivity contribution in [3.05, 3.63) is 71.3 Å². The fraction of sp³-hybridized carbons (Fsp3) is 0.452. The summed E-state index contributed by atoms with van der Waals surface area (Å²) < 4.78 is 5.22. The number of carbonyl (C=O) groups excluding carboxylic acids is 2. The van der Waals surface area contributed by atoms with E-state index in [1.807, 2.05) is 24.0 Å². The van der Waals surface area contributed by atoms with Crippen LogP contribution in [0.1, 0.15) is 67.4 Å². The lowest BCUT2D eigenvalue weighted by Gasteiger charge is -2.31. The Morgan fingerprint density at radius 2 is 1.82 bits per heavy atom. The summed E-state index contributed by atoms with van der Waals surface area (Å²) in [5.74, 6) is -0.781. The van der Waals surface area contributed by atoms with Gasteiger partial charge < -0.3 is 24.7 Å². The molecule has 2 N–H and O–H groups in total. The lowest BCUT2D eigenvalue weighted by molar-refractivity contribution is -0.137. The third-order valence-corrected chi connectivity index (χ3v) is 6.67. The van der Waals surface area contributed by atoms with Crippen LogP contribution in [0, 0.1) is 5.92 Å². The number of piperidine rings is 1. The van der Waals surface area contributed by atoms with E-state index in [-0.39, 0.29) is 42.6 Å². The Kier molecular flexibility index (Phi) is 11.9. The van der Waals surface area contributed by atoms with Crippen LogP contribution in [0.4, 0.5) is 0 Å². The van der Waals surface area contributed by atoms with Crippen molar-refractivity contribution in [1.82, 2.24) is 4.90 Å². The summed E-state index contributed by atoms with van der Waals surface area (Å²) in [6, 6.07) is 12.9. The average Bonchev–Trinajstić information content (AvgIpc) is 2.92. The molecular weight excluding hydrogens is 496 g/mol. The zero-order valence-corrected chi connectivity index (χ0v) is 23.0. The van der Waals surface area contributed by atoms with Gasteiger partial charge in [-0.2, -0.15) is 0 Å². The summed E-state index contributed by atoms with van der Waals surface area (Å²) >= 11 is 0. The molecule has 0 atom stereocenters. The van der Waals surface area contributed by atoms with Crippen LogP contribution in [-0.4, -0.2) is 59.0 Å². The minimum Gasteiger partial charge on any atom is -0.508 e. The van der Waals surface area contributed by atoms with Crippen LogP contribution in [0.2, 0.25) is 0 Å². The molecule has 210 valence electrons. The number of phenols is 2. The largest absolute Gasteiger partial charge is 0.508 e. The molecule has 0 aliphatic carbocycles. The molecule has 2 aromatic carbocycles. The highest BCUT2D eigenvalue weighted by Crippen LogP contribution is 2.29. The molecule has 39 heavy (non-hydrogen) atoms. The van der Waals surface area contributed by atoms with E-state index in [4.69, 9.17) is 9.57 Å². The number of esters is 1. The molecule has 0 unspecified atom stereocenters. The van der Waals surface area contributed by atoms with Gasteiger partial charge in [-0.1, -0.05) is 61.8 Å². The number of aromatic hydroxyl groups is 2. The van der Waals surface area contributed by atoms with Gasteiger partial charge in [-0.3, -0.25) is 4.79 Å². The van der Waals surface area contributed by atoms with Crippen LogP contribution in [0.5, 0.6) is 11.5 Å². The summed E-state index contributed by atoms with van der Waals surface area (Å²) in [6.45, 7) is 5.33. The molecule has 0 radical (unpaired) electrons. The Hall–Kier alpha value is -3.81. The van der Waals surface area contributed by atoms with Crippen LogP contribution in [-0.2, 0) is 27.2 Å². The molecule has 0 saturated carbocycles. The van der Waals surface area contributed by atoms with Crippen LogP contribution in [0.25, 0.3) is 0 Å². The Morgan fingerprint density at radius 3 is 2.51 bits per heavy atom. The number of benzene rings is 2. The summed E-state index contributed by atoms with van der Waals surface area (Å²) in [6.07, 6.45) is 9.11. The van der Waals surface area contributed by atoms with Crippen LogP contribution in [0.15, 0.2) is 59.8 Å². The molecule has 8 heteroatoms. The van der Waals surface area contributed by atoms with E-state index in [1.54, 1.807) is 6.08 Å². The summed E-state index contributed by atoms with van der Waals surface area (Å²) in [5.41, 5.74) is 2.11. The van der Waals surface area contributed by atoms with E-state index in [1.165, 1.54) is 11.6 Å². The van der Waals surface area contributed by atoms with Crippen molar-refractivity contribution in [2.75, 3.05) is 26.3 Å². The Balaban J connectivity index is 1.62. The number of unbranched alkanes of at least 4 members (excludes halogenated alkanes) is 1. The molecule has 3 rings (SSSR count). The maximum atomic E-state index is 12.8. The van der Waals surface area contributed by atoms with Gasteiger partial charge in [-0.25, -0.2) is 4.79 Å². The van der Waals surface area contributed by atoms with Crippen molar-refractivity contribution in [3.8, 4) is 11.5 Å². The first-order chi connectivity index (χ1) is 18.9. The predicted molar refractivity (Wildman–Crippen MR) is 151 cm³/mol. The third kappa shape index (κ3) is 9.46. The number of hydrogen-bond acceptors (Lipinski definition) is 7. The zero-order chi connectivity index (χ0) is 28.0. The second-order valence-corrected chi connectivity index (χ2v) is 9.87. The van der Waals surface area contributed by atoms with Gasteiger partial charge >= 0.3 is 5.97 Å². The fourth-order valence-electron chi connectivity index (χ4n) is 4.61. The second kappa shape index (κ2) is 15.6. The highest BCUT2D eigenvalue weighted by molar-refractivity contribution is 6.00. The van der Waals surface area contributed by atoms with E-state index in [9.17, 15) is 19.8 Å². The smallest absolute Gasteiger partial charge is 0.342 e. The molecule has 8 nitrogen and oxygen atoms in total. The molecule has 0 aromatic heterocycles. The van der Waals surface area contributed by atoms with Crippen molar-refractivity contribution in [3.63, 3.8) is 0 Å². The maximum absolute atomic E-state index is 12.8. The van der Waals surface area contributed by atoms with Crippen molar-refractivity contribution < 1.29 is 29.4 Å². The Bertz CT molecular complexity index is 1140. The summed E-state index contributed by atoms with van der Waals surface area (Å²) in [5, 5.41) is 24.6. The van der Waals surface area contributed by atoms with Crippen LogP contribution >= 0.6 is 0 Å². The molecule has 1 heterocycles. The molecule has 0 bridgehead atoms. The van der Waals surface area contributed by atoms with Crippen LogP contribution < -0.4 is 0 Å². The Morgan fingerprint density at radius 1 is 1.08 bits per heavy atom. The number of likely N-dealkylation sites (tertiary alicyclic amines) is 1. The number of allylic oxidation sites excluding steroid dienone is 2. The number of rotatable bonds is 13. The first-order valence-electron chi connectivity index (χ1n) is 13.8. The molecular formula is C31H40N2O6. The number of oxime groups is 1. The number of carbonyl (C=O) groups is 2. The van der Waals surface area contributed by atoms with Crippen molar-refractivity contribution in [2.24, 2.45) is 11.1 Å². The highest BCUT2D eigenvalue weighted by Gasteiger charge is 2.24. The third-order valence-electron chi connectivity index (χ3n) is 6.67. The van der Waals surface area contributed by atoms with Crippen LogP contribution in [0.3, 0.4) is 0 Å². The number of hydrogen-bond donors (Lipinski definition) is 2. The van der Waals surface area contributed by atoms with Crippen molar-refractivity contribution in [2.45, 2.75) is 58.8 Å². The monoisotopic (exact) mass is 536 g/mol. The van der Waals surface area contributed by atoms with Crippen molar-refractivity contribution >= 4 is 17.6 Å². The van der Waals surface area contributed by atoms with Gasteiger partial charge in [0.05, 0.1) is 12.3 Å². The maximum Gasteiger partial charge on any atom is 0.342 e. The summed E-state index contributed by atoms with van der Waals surface area (Å²) in [4.78, 5) is 32.7. The molecule has 0 spiro atoms. The molecule has 1 aliphatic rings. The minimum atomic E-state index is -0.673. The van der Waals surface area contributed by atoms with E-state index in [0.29, 0.717) is 36.7 Å². The molecule has 1 amide bonds. The number of amides is 1. The SMILES string of the molecule is CCC/C=C/C(Cc1cc(O)cc(O)c1C(=O)OCCC)=N/OCC(=O)N1CCC(Cc2ccccc2)CC1. The minimum absolute atomic E-state index is 0.0210. The zero-order valence-electron chi connectivity index (χ0n) is 23.0. The standard InChI is InChI=1S/C31H40N2O6/c1-3-5-7-12-26(19-25-20-27(34)21-28(35)30(25)31(37)38-17-4-2)32-39-22-29(36)33-15-13-24(14-16-33)18-23-10-8-6-9-11-23/h6-12,20-21,24,34-35H,3-5,13-19,22H2,1-2H3/b12-7+,32-26-. The van der Waals surface area contributed by atoms with Gasteiger partial charge in [-0.15, -0.1) is 0 Å². The van der Waals surface area contributed by atoms with Gasteiger partial charge in [0, 0.05) is 25.6 Å². The molecule has 1 aliphatic heterocycles. The molecule has 2 aromatic rings. The first kappa shape index (κ1) is 29.7. The molecule has 1 saturated heterocycles. The second-order valence-electron chi connectivity index (χ2n) is 9.87. The first-order valence-corrected chi connectivity index (χ1v) is 13.8. The van der Waals surface area contributed by atoms with E-state index >= 15 is 0 Å². The lowest BCUT2D eigenvalue weighted by Crippen LogP contribution is -2.40. The quantitative estimate of drug-likeness (QED) is 0.201. The summed E-state index contributed by atoms with van der Waals surface area (Å²) in [7, 11) is 0. The number of nitrogens with zero attached hydrogens (tertiary/aromatic N) is 2. The van der Waals surface area contributed by atoms with E-state index < -0.39 is 5.97 Å². The normalized spacial score (nSPS) is 14.5. The van der Waals surface area contributed by atoms with Gasteiger partial charge in [0.2, 0.25) is 0 Å². The number of ether oxygens (including phenoxy) is 1. The topological polar surface area (TPSA) is 109 Å². The number of phenolic OH excluding ortho intramolecular Hbond substituents is 2. The fourth-order valence-corrected chi connectivity index (χ4v) is 4.61. The van der Waals surface area contributed by atoms with E-state index in [0.717, 1.165) is 38.2 Å². The van der Waals surface area contributed by atoms with Crippen molar-refractivity contribution in [1.29, 1.82) is 0 Å². The predicted octanol–water partition coefficient (Wildman–Crippen LogP) is 5.42. The average molecular weight is 537 g/mol.